The first-order chi connectivity index (χ1) is 12.8. The van der Waals surface area contributed by atoms with Crippen LogP contribution in [0.3, 0.4) is 0 Å². The Morgan fingerprint density at radius 1 is 0.808 bits per heavy atom. The molecule has 0 radical (unpaired) electrons. The third-order valence-corrected chi connectivity index (χ3v) is 4.91. The molecule has 4 aromatic rings. The first kappa shape index (κ1) is 16.4. The second kappa shape index (κ2) is 7.42. The van der Waals surface area contributed by atoms with Gasteiger partial charge in [0.2, 0.25) is 0 Å². The van der Waals surface area contributed by atoms with Gasteiger partial charge in [-0.3, -0.25) is 4.79 Å². The lowest BCUT2D eigenvalue weighted by molar-refractivity contribution is 0.104. The summed E-state index contributed by atoms with van der Waals surface area (Å²) in [5.74, 6) is -0.0203. The number of hydrogen-bond acceptors (Lipinski definition) is 3. The van der Waals surface area contributed by atoms with Crippen molar-refractivity contribution >= 4 is 33.5 Å². The van der Waals surface area contributed by atoms with E-state index in [9.17, 15) is 4.79 Å². The number of nitrogens with one attached hydrogen (secondary N) is 1. The van der Waals surface area contributed by atoms with Crippen LogP contribution in [0.25, 0.3) is 15.9 Å². The predicted octanol–water partition coefficient (Wildman–Crippen LogP) is 5.58. The summed E-state index contributed by atoms with van der Waals surface area (Å²) < 4.78 is 0. The third-order valence-electron chi connectivity index (χ3n) is 3.95. The number of allylic oxidation sites excluding steroid dienone is 1. The average Bonchev–Trinajstić information content (AvgIpc) is 3.11. The first-order valence-electron chi connectivity index (χ1n) is 8.29. The molecule has 126 valence electrons. The number of nitrogens with zero attached hydrogens (tertiary/aromatic N) is 1. The van der Waals surface area contributed by atoms with Crippen LogP contribution in [0.15, 0.2) is 96.2 Å². The topological polar surface area (TPSA) is 45.8 Å². The summed E-state index contributed by atoms with van der Waals surface area (Å²) in [7, 11) is 0. The SMILES string of the molecule is O=C(C=C(Sc1nc2ccccc2[nH]1)c1ccccc1)c1ccccc1. The summed E-state index contributed by atoms with van der Waals surface area (Å²) in [6.45, 7) is 0. The van der Waals surface area contributed by atoms with Crippen LogP contribution in [0.2, 0.25) is 0 Å². The highest BCUT2D eigenvalue weighted by atomic mass is 32.2. The number of benzene rings is 3. The second-order valence-corrected chi connectivity index (χ2v) is 6.80. The highest BCUT2D eigenvalue weighted by Crippen LogP contribution is 2.34. The van der Waals surface area contributed by atoms with E-state index >= 15 is 0 Å². The van der Waals surface area contributed by atoms with E-state index in [2.05, 4.69) is 9.97 Å². The number of aromatic nitrogens is 2. The lowest BCUT2D eigenvalue weighted by Crippen LogP contribution is -1.95. The molecule has 3 nitrogen and oxygen atoms in total. The Kier molecular flexibility index (Phi) is 4.67. The molecule has 0 aliphatic heterocycles. The van der Waals surface area contributed by atoms with Gasteiger partial charge in [-0.2, -0.15) is 0 Å². The third kappa shape index (κ3) is 3.60. The number of fused-ring (bicyclic) bond motifs is 1. The summed E-state index contributed by atoms with van der Waals surface area (Å²) in [6, 6.07) is 27.1. The van der Waals surface area contributed by atoms with Gasteiger partial charge in [-0.1, -0.05) is 84.6 Å². The van der Waals surface area contributed by atoms with Gasteiger partial charge >= 0.3 is 0 Å². The maximum atomic E-state index is 12.7. The van der Waals surface area contributed by atoms with Crippen molar-refractivity contribution in [3.8, 4) is 0 Å². The van der Waals surface area contributed by atoms with Gasteiger partial charge in [0.15, 0.2) is 10.9 Å². The number of aromatic amines is 1. The maximum absolute atomic E-state index is 12.7. The molecule has 1 N–H and O–H groups in total. The molecule has 1 heterocycles. The van der Waals surface area contributed by atoms with Crippen LogP contribution in [-0.2, 0) is 0 Å². The van der Waals surface area contributed by atoms with Crippen molar-refractivity contribution < 1.29 is 4.79 Å². The Balaban J connectivity index is 1.71. The largest absolute Gasteiger partial charge is 0.333 e. The predicted molar refractivity (Wildman–Crippen MR) is 107 cm³/mol. The molecule has 3 aromatic carbocycles. The van der Waals surface area contributed by atoms with E-state index in [0.717, 1.165) is 26.7 Å². The van der Waals surface area contributed by atoms with Crippen molar-refractivity contribution in [1.29, 1.82) is 0 Å². The molecular formula is C22H16N2OS. The van der Waals surface area contributed by atoms with Gasteiger partial charge in [0.05, 0.1) is 11.0 Å². The Morgan fingerprint density at radius 2 is 1.42 bits per heavy atom. The van der Waals surface area contributed by atoms with Crippen molar-refractivity contribution in [2.24, 2.45) is 0 Å². The van der Waals surface area contributed by atoms with Gasteiger partial charge in [0.1, 0.15) is 0 Å². The van der Waals surface area contributed by atoms with E-state index in [1.807, 2.05) is 84.9 Å². The average molecular weight is 356 g/mol. The molecule has 0 aliphatic rings. The summed E-state index contributed by atoms with van der Waals surface area (Å²) in [6.07, 6.45) is 1.68. The zero-order valence-corrected chi connectivity index (χ0v) is 14.7. The van der Waals surface area contributed by atoms with Crippen LogP contribution in [0.1, 0.15) is 15.9 Å². The number of imidazole rings is 1. The Morgan fingerprint density at radius 3 is 2.12 bits per heavy atom. The molecule has 4 rings (SSSR count). The molecule has 4 heteroatoms. The molecule has 0 saturated heterocycles. The fourth-order valence-electron chi connectivity index (χ4n) is 2.66. The van der Waals surface area contributed by atoms with Crippen molar-refractivity contribution in [2.45, 2.75) is 5.16 Å². The van der Waals surface area contributed by atoms with Crippen LogP contribution < -0.4 is 0 Å². The van der Waals surface area contributed by atoms with Gasteiger partial charge in [-0.15, -0.1) is 0 Å². The zero-order chi connectivity index (χ0) is 17.8. The number of thioether (sulfide) groups is 1. The Bertz CT molecular complexity index is 1040. The lowest BCUT2D eigenvalue weighted by Gasteiger charge is -2.06. The van der Waals surface area contributed by atoms with Crippen molar-refractivity contribution in [1.82, 2.24) is 9.97 Å². The minimum Gasteiger partial charge on any atom is -0.333 e. The van der Waals surface area contributed by atoms with Crippen molar-refractivity contribution in [3.63, 3.8) is 0 Å². The summed E-state index contributed by atoms with van der Waals surface area (Å²) in [5.41, 5.74) is 3.56. The molecule has 0 unspecified atom stereocenters. The van der Waals surface area contributed by atoms with Gasteiger partial charge in [-0.25, -0.2) is 4.98 Å². The highest BCUT2D eigenvalue weighted by Gasteiger charge is 2.11. The molecule has 0 spiro atoms. The molecular weight excluding hydrogens is 340 g/mol. The molecule has 0 aliphatic carbocycles. The Hall–Kier alpha value is -3.11. The summed E-state index contributed by atoms with van der Waals surface area (Å²) in [5, 5.41) is 0.766. The van der Waals surface area contributed by atoms with E-state index in [0.29, 0.717) is 5.56 Å². The van der Waals surface area contributed by atoms with Crippen LogP contribution in [0.4, 0.5) is 0 Å². The number of ketones is 1. The normalized spacial score (nSPS) is 11.6. The molecule has 0 amide bonds. The molecule has 0 fully saturated rings. The van der Waals surface area contributed by atoms with E-state index in [-0.39, 0.29) is 5.78 Å². The summed E-state index contributed by atoms with van der Waals surface area (Å²) in [4.78, 5) is 21.5. The van der Waals surface area contributed by atoms with Gasteiger partial charge in [0, 0.05) is 16.5 Å². The smallest absolute Gasteiger partial charge is 0.186 e. The Labute approximate surface area is 155 Å². The molecule has 0 bridgehead atoms. The zero-order valence-electron chi connectivity index (χ0n) is 13.9. The van der Waals surface area contributed by atoms with Gasteiger partial charge in [-0.05, 0) is 17.7 Å². The minimum atomic E-state index is -0.0203. The van der Waals surface area contributed by atoms with Crippen molar-refractivity contribution in [2.75, 3.05) is 0 Å². The number of carbonyl (C=O) groups excluding carboxylic acids is 1. The number of para-hydroxylation sites is 2. The first-order valence-corrected chi connectivity index (χ1v) is 9.10. The van der Waals surface area contributed by atoms with Crippen LogP contribution in [0.5, 0.6) is 0 Å². The minimum absolute atomic E-state index is 0.0203. The van der Waals surface area contributed by atoms with Gasteiger partial charge in [0.25, 0.3) is 0 Å². The second-order valence-electron chi connectivity index (χ2n) is 5.77. The highest BCUT2D eigenvalue weighted by molar-refractivity contribution is 8.08. The van der Waals surface area contributed by atoms with Crippen LogP contribution in [-0.4, -0.2) is 15.8 Å². The van der Waals surface area contributed by atoms with E-state index < -0.39 is 0 Å². The molecule has 0 atom stereocenters. The molecule has 1 aromatic heterocycles. The van der Waals surface area contributed by atoms with Crippen LogP contribution >= 0.6 is 11.8 Å². The van der Waals surface area contributed by atoms with E-state index in [4.69, 9.17) is 0 Å². The standard InChI is InChI=1S/C22H16N2OS/c25-20(16-9-3-1-4-10-16)15-21(17-11-5-2-6-12-17)26-22-23-18-13-7-8-14-19(18)24-22/h1-15H,(H,23,24). The molecule has 26 heavy (non-hydrogen) atoms. The monoisotopic (exact) mass is 356 g/mol. The number of carbonyl (C=O) groups is 1. The maximum Gasteiger partial charge on any atom is 0.186 e. The summed E-state index contributed by atoms with van der Waals surface area (Å²) >= 11 is 1.46. The lowest BCUT2D eigenvalue weighted by atomic mass is 10.1. The number of H-pyrrole nitrogens is 1. The van der Waals surface area contributed by atoms with Crippen molar-refractivity contribution in [3.05, 3.63) is 102 Å². The fourth-order valence-corrected chi connectivity index (χ4v) is 3.59. The number of hydrogen-bond donors (Lipinski definition) is 1. The van der Waals surface area contributed by atoms with Gasteiger partial charge < -0.3 is 4.98 Å². The number of rotatable bonds is 5. The van der Waals surface area contributed by atoms with E-state index in [1.165, 1.54) is 11.8 Å². The molecule has 0 saturated carbocycles. The van der Waals surface area contributed by atoms with Crippen LogP contribution in [0, 0.1) is 0 Å². The fraction of sp³-hybridized carbons (Fsp3) is 0. The quantitative estimate of drug-likeness (QED) is 0.288. The van der Waals surface area contributed by atoms with E-state index in [1.54, 1.807) is 6.08 Å².